The highest BCUT2D eigenvalue weighted by molar-refractivity contribution is 6.06. The Hall–Kier alpha value is -4.00. The van der Waals surface area contributed by atoms with Crippen molar-refractivity contribution in [2.45, 2.75) is 6.92 Å². The topological polar surface area (TPSA) is 66.4 Å². The molecule has 1 N–H and O–H groups in total. The van der Waals surface area contributed by atoms with Crippen LogP contribution in [0.3, 0.4) is 0 Å². The number of hydrogen-bond acceptors (Lipinski definition) is 5. The molecular formula is C27H30N4O3. The Morgan fingerprint density at radius 1 is 0.824 bits per heavy atom. The highest BCUT2D eigenvalue weighted by Gasteiger charge is 2.24. The van der Waals surface area contributed by atoms with Gasteiger partial charge in [0.05, 0.1) is 19.9 Å². The Morgan fingerprint density at radius 2 is 1.44 bits per heavy atom. The molecule has 3 aromatic rings. The highest BCUT2D eigenvalue weighted by Crippen LogP contribution is 2.29. The molecule has 0 spiro atoms. The first-order valence-electron chi connectivity index (χ1n) is 11.3. The van der Waals surface area contributed by atoms with E-state index in [-0.39, 0.29) is 5.91 Å². The fourth-order valence-electron chi connectivity index (χ4n) is 3.94. The first-order chi connectivity index (χ1) is 16.6. The molecule has 176 valence electrons. The van der Waals surface area contributed by atoms with Crippen molar-refractivity contribution in [1.29, 1.82) is 0 Å². The largest absolute Gasteiger partial charge is 0.495 e. The van der Waals surface area contributed by atoms with Crippen LogP contribution in [0.1, 0.15) is 15.9 Å². The van der Waals surface area contributed by atoms with Crippen LogP contribution >= 0.6 is 0 Å². The maximum absolute atomic E-state index is 13.0. The smallest absolute Gasteiger partial charge is 0.257 e. The fraction of sp³-hybridized carbons (Fsp3) is 0.259. The fourth-order valence-corrected chi connectivity index (χ4v) is 3.94. The van der Waals surface area contributed by atoms with Crippen LogP contribution in [0.15, 0.2) is 77.8 Å². The molecule has 0 unspecified atom stereocenters. The maximum Gasteiger partial charge on any atom is 0.257 e. The Morgan fingerprint density at radius 3 is 2.12 bits per heavy atom. The summed E-state index contributed by atoms with van der Waals surface area (Å²) in [5, 5.41) is 3.04. The van der Waals surface area contributed by atoms with Crippen molar-refractivity contribution < 1.29 is 14.3 Å². The number of ether oxygens (including phenoxy) is 2. The molecule has 4 rings (SSSR count). The molecule has 0 aliphatic carbocycles. The summed E-state index contributed by atoms with van der Waals surface area (Å²) in [4.78, 5) is 22.2. The van der Waals surface area contributed by atoms with Gasteiger partial charge in [0.2, 0.25) is 5.96 Å². The molecule has 1 aliphatic rings. The van der Waals surface area contributed by atoms with Gasteiger partial charge in [-0.25, -0.2) is 4.99 Å². The van der Waals surface area contributed by atoms with Crippen molar-refractivity contribution in [2.24, 2.45) is 4.99 Å². The van der Waals surface area contributed by atoms with E-state index < -0.39 is 0 Å². The number of amides is 1. The van der Waals surface area contributed by atoms with Crippen molar-refractivity contribution >= 4 is 23.2 Å². The lowest BCUT2D eigenvalue weighted by Gasteiger charge is -2.38. The minimum Gasteiger partial charge on any atom is -0.495 e. The zero-order chi connectivity index (χ0) is 23.9. The summed E-state index contributed by atoms with van der Waals surface area (Å²) in [6.07, 6.45) is 0. The molecule has 0 saturated carbocycles. The number of methoxy groups -OCH3 is 2. The zero-order valence-electron chi connectivity index (χ0n) is 19.8. The Bertz CT molecular complexity index is 1150. The quantitative estimate of drug-likeness (QED) is 0.457. The molecule has 3 aromatic carbocycles. The molecule has 0 radical (unpaired) electrons. The van der Waals surface area contributed by atoms with Crippen LogP contribution in [-0.4, -0.2) is 57.2 Å². The molecule has 1 amide bonds. The van der Waals surface area contributed by atoms with Crippen molar-refractivity contribution in [3.05, 3.63) is 83.9 Å². The van der Waals surface area contributed by atoms with Crippen molar-refractivity contribution in [2.75, 3.05) is 45.3 Å². The van der Waals surface area contributed by atoms with Crippen LogP contribution in [0.4, 0.5) is 11.4 Å². The normalized spacial score (nSPS) is 14.0. The van der Waals surface area contributed by atoms with E-state index in [4.69, 9.17) is 14.5 Å². The lowest BCUT2D eigenvalue weighted by molar-refractivity contribution is 0.0971. The molecule has 7 heteroatoms. The molecule has 1 heterocycles. The van der Waals surface area contributed by atoms with Gasteiger partial charge in [-0.15, -0.1) is 0 Å². The summed E-state index contributed by atoms with van der Waals surface area (Å²) >= 11 is 0. The van der Waals surface area contributed by atoms with E-state index >= 15 is 0 Å². The molecule has 0 atom stereocenters. The highest BCUT2D eigenvalue weighted by atomic mass is 16.5. The van der Waals surface area contributed by atoms with Crippen molar-refractivity contribution in [3.63, 3.8) is 0 Å². The number of para-hydroxylation sites is 4. The lowest BCUT2D eigenvalue weighted by atomic mass is 10.1. The monoisotopic (exact) mass is 458 g/mol. The van der Waals surface area contributed by atoms with Gasteiger partial charge < -0.3 is 19.3 Å². The van der Waals surface area contributed by atoms with Crippen LogP contribution in [0.5, 0.6) is 11.5 Å². The second-order valence-corrected chi connectivity index (χ2v) is 8.07. The van der Waals surface area contributed by atoms with Gasteiger partial charge in [0.15, 0.2) is 0 Å². The number of hydrogen-bond donors (Lipinski definition) is 1. The first kappa shape index (κ1) is 23.2. The third-order valence-corrected chi connectivity index (χ3v) is 5.86. The second kappa shape index (κ2) is 10.7. The Labute approximate surface area is 200 Å². The van der Waals surface area contributed by atoms with Gasteiger partial charge in [0, 0.05) is 31.7 Å². The third-order valence-electron chi connectivity index (χ3n) is 5.86. The summed E-state index contributed by atoms with van der Waals surface area (Å²) in [5.74, 6) is 1.82. The van der Waals surface area contributed by atoms with E-state index in [0.717, 1.165) is 30.1 Å². The molecule has 0 aromatic heterocycles. The number of carbonyl (C=O) groups is 1. The first-order valence-corrected chi connectivity index (χ1v) is 11.3. The number of anilines is 1. The molecular weight excluding hydrogens is 428 g/mol. The number of guanidine groups is 1. The average Bonchev–Trinajstić information content (AvgIpc) is 2.89. The van der Waals surface area contributed by atoms with Gasteiger partial charge >= 0.3 is 0 Å². The predicted molar refractivity (Wildman–Crippen MR) is 136 cm³/mol. The number of nitrogens with zero attached hydrogens (tertiary/aromatic N) is 3. The molecule has 1 aliphatic heterocycles. The molecule has 0 bridgehead atoms. The number of aliphatic imine (C=N–C) groups is 1. The number of aryl methyl sites for hydroxylation is 1. The van der Waals surface area contributed by atoms with Gasteiger partial charge in [0.1, 0.15) is 17.2 Å². The average molecular weight is 459 g/mol. The van der Waals surface area contributed by atoms with Gasteiger partial charge in [-0.3, -0.25) is 10.1 Å². The number of piperazine rings is 1. The lowest BCUT2D eigenvalue weighted by Crippen LogP contribution is -2.53. The molecule has 1 saturated heterocycles. The summed E-state index contributed by atoms with van der Waals surface area (Å²) < 4.78 is 11.0. The van der Waals surface area contributed by atoms with E-state index in [2.05, 4.69) is 21.2 Å². The number of nitrogens with one attached hydrogen (secondary N) is 1. The maximum atomic E-state index is 13.0. The van der Waals surface area contributed by atoms with Gasteiger partial charge in [-0.05, 0) is 43.3 Å². The van der Waals surface area contributed by atoms with Crippen LogP contribution in [0.25, 0.3) is 0 Å². The number of benzene rings is 3. The number of carbonyl (C=O) groups excluding carboxylic acids is 1. The van der Waals surface area contributed by atoms with E-state index in [9.17, 15) is 4.79 Å². The minimum absolute atomic E-state index is 0.194. The molecule has 7 nitrogen and oxygen atoms in total. The van der Waals surface area contributed by atoms with Crippen molar-refractivity contribution in [1.82, 2.24) is 10.2 Å². The zero-order valence-corrected chi connectivity index (χ0v) is 19.8. The predicted octanol–water partition coefficient (Wildman–Crippen LogP) is 4.25. The molecule has 34 heavy (non-hydrogen) atoms. The van der Waals surface area contributed by atoms with E-state index in [1.54, 1.807) is 14.2 Å². The van der Waals surface area contributed by atoms with Crippen molar-refractivity contribution in [3.8, 4) is 11.5 Å². The van der Waals surface area contributed by atoms with Crippen LogP contribution in [0.2, 0.25) is 0 Å². The second-order valence-electron chi connectivity index (χ2n) is 8.07. The number of rotatable bonds is 5. The summed E-state index contributed by atoms with van der Waals surface area (Å²) in [5.41, 5.74) is 3.42. The standard InChI is InChI=1S/C27H30N4O3/c1-20-12-14-21(15-13-20)26(32)29-27(28-22-8-4-6-10-24(22)33-2)31-18-16-30(17-19-31)23-9-5-7-11-25(23)34-3/h4-15H,16-19H2,1-3H3,(H,28,29,32). The van der Waals surface area contributed by atoms with Gasteiger partial charge in [-0.1, -0.05) is 42.0 Å². The van der Waals surface area contributed by atoms with Crippen LogP contribution in [0, 0.1) is 6.92 Å². The van der Waals surface area contributed by atoms with Gasteiger partial charge in [0.25, 0.3) is 5.91 Å². The molecule has 1 fully saturated rings. The Kier molecular flexibility index (Phi) is 7.32. The summed E-state index contributed by atoms with van der Waals surface area (Å²) in [6.45, 7) is 4.93. The Balaban J connectivity index is 1.57. The summed E-state index contributed by atoms with van der Waals surface area (Å²) in [7, 11) is 3.30. The minimum atomic E-state index is -0.194. The third kappa shape index (κ3) is 5.31. The SMILES string of the molecule is COc1ccccc1N=C(NC(=O)c1ccc(C)cc1)N1CCN(c2ccccc2OC)CC1. The van der Waals surface area contributed by atoms with E-state index in [1.807, 2.05) is 73.7 Å². The summed E-state index contributed by atoms with van der Waals surface area (Å²) in [6, 6.07) is 23.1. The van der Waals surface area contributed by atoms with Crippen LogP contribution < -0.4 is 19.7 Å². The van der Waals surface area contributed by atoms with E-state index in [0.29, 0.717) is 36.0 Å². The van der Waals surface area contributed by atoms with Gasteiger partial charge in [-0.2, -0.15) is 0 Å². The van der Waals surface area contributed by atoms with E-state index in [1.165, 1.54) is 0 Å². The van der Waals surface area contributed by atoms with Crippen LogP contribution in [-0.2, 0) is 0 Å².